The molecular formula is C129H90N18. The molecule has 0 fully saturated rings. The summed E-state index contributed by atoms with van der Waals surface area (Å²) in [6, 6.07) is 151. The summed E-state index contributed by atoms with van der Waals surface area (Å²) in [6.07, 6.45) is 14.0. The molecule has 18 nitrogen and oxygen atoms in total. The van der Waals surface area contributed by atoms with Crippen LogP contribution in [0.25, 0.3) is 237 Å². The molecule has 0 saturated carbocycles. The number of hydrogen-bond donors (Lipinski definition) is 0. The number of benzene rings is 15. The van der Waals surface area contributed by atoms with Gasteiger partial charge < -0.3 is 0 Å². The molecule has 18 heteroatoms. The lowest BCUT2D eigenvalue weighted by atomic mass is 9.94. The van der Waals surface area contributed by atoms with Crippen LogP contribution in [-0.4, -0.2) is 89.7 Å². The van der Waals surface area contributed by atoms with Crippen molar-refractivity contribution in [3.05, 3.63) is 510 Å². The first-order valence-electron chi connectivity index (χ1n) is 48.3. The maximum Gasteiger partial charge on any atom is 0.164 e. The normalized spacial score (nSPS) is 11.0. The Morgan fingerprint density at radius 2 is 0.347 bits per heavy atom. The topological polar surface area (TPSA) is 232 Å². The quantitative estimate of drug-likeness (QED) is 0.0650. The predicted molar refractivity (Wildman–Crippen MR) is 588 cm³/mol. The summed E-state index contributed by atoms with van der Waals surface area (Å²) in [7, 11) is 0. The van der Waals surface area contributed by atoms with E-state index in [0.717, 1.165) is 196 Å². The SMILES string of the molecule is Cc1ccc(-c2ccc(-c3cc(-c4ccc(-c5ccncn5)cc4)cc(-c4nc(-c5ccccc5)nc(-c5ccccc5)n4)c3)cc2)cn1.Cc1ccc(-c2ccc(-c3cc(-c4ccc(-c5ncccn5)cc4)cc(-c4nc(-c5ccccc5)nc(-c5ccccc5)n4)c3)cc2)cn1.Cc1cccc(-c2ccc(-c3cc(-c4ccc(-c5ccncn5)cc4)cc(-c4nc(-c5ccccc5)nc(-c5ccccc5)n4)c3)cc2)n1. The van der Waals surface area contributed by atoms with Crippen LogP contribution in [0.15, 0.2) is 493 Å². The molecule has 0 bridgehead atoms. The summed E-state index contributed by atoms with van der Waals surface area (Å²) in [4.78, 5) is 84.4. The zero-order valence-corrected chi connectivity index (χ0v) is 80.3. The van der Waals surface area contributed by atoms with Crippen molar-refractivity contribution in [2.45, 2.75) is 20.8 Å². The number of rotatable bonds is 21. The second-order valence-corrected chi connectivity index (χ2v) is 35.3. The third-order valence-corrected chi connectivity index (χ3v) is 25.2. The van der Waals surface area contributed by atoms with E-state index in [9.17, 15) is 0 Å². The highest BCUT2D eigenvalue weighted by atomic mass is 15.1. The van der Waals surface area contributed by atoms with Crippen LogP contribution in [0.2, 0.25) is 0 Å². The van der Waals surface area contributed by atoms with Gasteiger partial charge in [0, 0.05) is 138 Å². The zero-order chi connectivity index (χ0) is 99.0. The Hall–Kier alpha value is -20.0. The van der Waals surface area contributed by atoms with Gasteiger partial charge in [0.15, 0.2) is 58.2 Å². The average Bonchev–Trinajstić information content (AvgIpc) is 0.784. The molecule has 696 valence electrons. The van der Waals surface area contributed by atoms with Gasteiger partial charge in [-0.2, -0.15) is 0 Å². The van der Waals surface area contributed by atoms with Gasteiger partial charge in [-0.1, -0.05) is 346 Å². The number of pyridine rings is 3. The van der Waals surface area contributed by atoms with Gasteiger partial charge in [-0.25, -0.2) is 74.8 Å². The fraction of sp³-hybridized carbons (Fsp3) is 0.0233. The lowest BCUT2D eigenvalue weighted by Gasteiger charge is -2.13. The highest BCUT2D eigenvalue weighted by Gasteiger charge is 2.22. The van der Waals surface area contributed by atoms with Crippen molar-refractivity contribution in [1.29, 1.82) is 0 Å². The van der Waals surface area contributed by atoms with Crippen LogP contribution in [-0.2, 0) is 0 Å². The van der Waals surface area contributed by atoms with Crippen molar-refractivity contribution in [3.63, 3.8) is 0 Å². The average molecular weight is 1890 g/mol. The van der Waals surface area contributed by atoms with Gasteiger partial charge in [-0.3, -0.25) is 15.0 Å². The molecule has 0 radical (unpaired) electrons. The molecule has 24 aromatic rings. The first kappa shape index (κ1) is 92.1. The molecule has 9 aromatic heterocycles. The Balaban J connectivity index is 0.000000125. The van der Waals surface area contributed by atoms with E-state index in [0.29, 0.717) is 58.2 Å². The second-order valence-electron chi connectivity index (χ2n) is 35.3. The first-order valence-corrected chi connectivity index (χ1v) is 48.3. The summed E-state index contributed by atoms with van der Waals surface area (Å²) in [5.41, 5.74) is 35.2. The van der Waals surface area contributed by atoms with Crippen molar-refractivity contribution in [2.75, 3.05) is 0 Å². The Morgan fingerprint density at radius 3 is 0.592 bits per heavy atom. The fourth-order valence-corrected chi connectivity index (χ4v) is 17.5. The van der Waals surface area contributed by atoms with Crippen molar-refractivity contribution in [2.24, 2.45) is 0 Å². The number of nitrogens with zero attached hydrogens (tertiary/aromatic N) is 18. The van der Waals surface area contributed by atoms with Gasteiger partial charge in [-0.05, 0) is 196 Å². The van der Waals surface area contributed by atoms with Crippen LogP contribution < -0.4 is 0 Å². The van der Waals surface area contributed by atoms with Crippen LogP contribution in [0, 0.1) is 20.8 Å². The molecule has 0 spiro atoms. The molecular weight excluding hydrogens is 1800 g/mol. The smallest absolute Gasteiger partial charge is 0.164 e. The summed E-state index contributed by atoms with van der Waals surface area (Å²) < 4.78 is 0. The fourth-order valence-electron chi connectivity index (χ4n) is 17.5. The van der Waals surface area contributed by atoms with E-state index in [1.807, 2.05) is 264 Å². The van der Waals surface area contributed by atoms with E-state index >= 15 is 0 Å². The second kappa shape index (κ2) is 43.0. The molecule has 15 aromatic carbocycles. The van der Waals surface area contributed by atoms with E-state index < -0.39 is 0 Å². The molecule has 0 aliphatic heterocycles. The lowest BCUT2D eigenvalue weighted by Crippen LogP contribution is -2.00. The number of aryl methyl sites for hydroxylation is 3. The van der Waals surface area contributed by atoms with E-state index in [2.05, 4.69) is 252 Å². The van der Waals surface area contributed by atoms with Gasteiger partial charge in [0.25, 0.3) is 0 Å². The largest absolute Gasteiger partial charge is 0.261 e. The Bertz CT molecular complexity index is 8150. The van der Waals surface area contributed by atoms with Gasteiger partial charge in [0.2, 0.25) is 0 Å². The monoisotopic (exact) mass is 1890 g/mol. The van der Waals surface area contributed by atoms with Gasteiger partial charge in [0.1, 0.15) is 12.7 Å². The molecule has 0 unspecified atom stereocenters. The lowest BCUT2D eigenvalue weighted by molar-refractivity contribution is 1.07. The summed E-state index contributed by atoms with van der Waals surface area (Å²) >= 11 is 0. The first-order chi connectivity index (χ1) is 72.5. The minimum absolute atomic E-state index is 0.604. The highest BCUT2D eigenvalue weighted by molar-refractivity contribution is 5.87. The van der Waals surface area contributed by atoms with Gasteiger partial charge >= 0.3 is 0 Å². The third kappa shape index (κ3) is 21.8. The van der Waals surface area contributed by atoms with E-state index in [1.165, 1.54) is 0 Å². The van der Waals surface area contributed by atoms with Crippen LogP contribution in [0.4, 0.5) is 0 Å². The summed E-state index contributed by atoms with van der Waals surface area (Å²) in [6.45, 7) is 6.01. The molecule has 0 atom stereocenters. The van der Waals surface area contributed by atoms with Gasteiger partial charge in [-0.15, -0.1) is 0 Å². The summed E-state index contributed by atoms with van der Waals surface area (Å²) in [5, 5.41) is 0. The Morgan fingerprint density at radius 1 is 0.122 bits per heavy atom. The van der Waals surface area contributed by atoms with Crippen LogP contribution >= 0.6 is 0 Å². The van der Waals surface area contributed by atoms with Crippen molar-refractivity contribution >= 4 is 0 Å². The number of hydrogen-bond acceptors (Lipinski definition) is 18. The van der Waals surface area contributed by atoms with Crippen molar-refractivity contribution < 1.29 is 0 Å². The number of aromatic nitrogens is 18. The minimum atomic E-state index is 0.604. The van der Waals surface area contributed by atoms with Crippen LogP contribution in [0.1, 0.15) is 17.1 Å². The maximum atomic E-state index is 5.04. The minimum Gasteiger partial charge on any atom is -0.261 e. The molecule has 0 aliphatic carbocycles. The van der Waals surface area contributed by atoms with Gasteiger partial charge in [0.05, 0.1) is 17.1 Å². The molecule has 0 aliphatic rings. The molecule has 0 N–H and O–H groups in total. The molecule has 0 amide bonds. The standard InChI is InChI=1S/3C43H30N6/c1-29-9-8-14-40(46-29)33-21-17-31(18-22-33)37-25-36(30-15-19-32(20-16-30)39-23-24-44-28-45-39)26-38(27-37)43-48-41(34-10-4-2-5-11-34)47-42(49-43)35-12-6-3-7-13-35;1-29-13-14-36(28-46-29)30-15-17-31(18-16-30)37-25-38(32-19-21-35(22-20-32)40-44-23-8-24-45-40)27-39(26-37)43-48-41(33-9-4-2-5-10-33)47-42(49-43)34-11-6-3-7-12-34;1-29-12-13-36(27-45-29)30-14-16-31(17-15-30)37-24-38(32-18-20-33(21-19-32)40-22-23-44-28-46-40)26-39(25-37)43-48-41(34-8-4-2-5-9-34)47-42(49-43)35-10-6-3-7-11-35/h3*2-28H,1H3. The molecule has 24 rings (SSSR count). The summed E-state index contributed by atoms with van der Waals surface area (Å²) in [5.74, 6) is 6.26. The van der Waals surface area contributed by atoms with Crippen LogP contribution in [0.5, 0.6) is 0 Å². The Kier molecular flexibility index (Phi) is 26.9. The highest BCUT2D eigenvalue weighted by Crippen LogP contribution is 2.41. The molecule has 9 heterocycles. The Labute approximate surface area is 851 Å². The third-order valence-electron chi connectivity index (χ3n) is 25.2. The van der Waals surface area contributed by atoms with Crippen molar-refractivity contribution in [1.82, 2.24) is 89.7 Å². The zero-order valence-electron chi connectivity index (χ0n) is 80.3. The van der Waals surface area contributed by atoms with E-state index in [-0.39, 0.29) is 0 Å². The van der Waals surface area contributed by atoms with Crippen molar-refractivity contribution in [3.8, 4) is 237 Å². The predicted octanol–water partition coefficient (Wildman–Crippen LogP) is 30.1. The molecule has 0 saturated heterocycles. The van der Waals surface area contributed by atoms with E-state index in [1.54, 1.807) is 37.4 Å². The van der Waals surface area contributed by atoms with E-state index in [4.69, 9.17) is 49.8 Å². The maximum absolute atomic E-state index is 5.04. The van der Waals surface area contributed by atoms with Crippen LogP contribution in [0.3, 0.4) is 0 Å². The molecule has 147 heavy (non-hydrogen) atoms.